The van der Waals surface area contributed by atoms with Gasteiger partial charge >= 0.3 is 12.1 Å². The Kier molecular flexibility index (Phi) is 11.2. The number of esters is 1. The van der Waals surface area contributed by atoms with Crippen LogP contribution in [0.15, 0.2) is 4.99 Å². The summed E-state index contributed by atoms with van der Waals surface area (Å²) in [7, 11) is 1.77. The van der Waals surface area contributed by atoms with E-state index in [1.807, 2.05) is 32.6 Å². The van der Waals surface area contributed by atoms with E-state index in [2.05, 4.69) is 15.2 Å². The number of piperidine rings is 2. The van der Waals surface area contributed by atoms with Gasteiger partial charge < -0.3 is 24.6 Å². The van der Waals surface area contributed by atoms with Crippen molar-refractivity contribution in [2.75, 3.05) is 39.8 Å². The molecule has 8 nitrogen and oxygen atoms in total. The fourth-order valence-corrected chi connectivity index (χ4v) is 3.90. The third kappa shape index (κ3) is 8.11. The van der Waals surface area contributed by atoms with Crippen LogP contribution in [0.25, 0.3) is 0 Å². The predicted octanol–water partition coefficient (Wildman–Crippen LogP) is 3.24. The average Bonchev–Trinajstić information content (AvgIpc) is 2.68. The van der Waals surface area contributed by atoms with Crippen LogP contribution in [0, 0.1) is 5.92 Å². The van der Waals surface area contributed by atoms with E-state index in [1.54, 1.807) is 7.05 Å². The van der Waals surface area contributed by atoms with Crippen LogP contribution >= 0.6 is 24.0 Å². The number of rotatable bonds is 4. The molecule has 1 N–H and O–H groups in total. The second-order valence-corrected chi connectivity index (χ2v) is 8.76. The maximum atomic E-state index is 12.6. The normalized spacial score (nSPS) is 21.0. The van der Waals surface area contributed by atoms with Crippen molar-refractivity contribution in [3.63, 3.8) is 0 Å². The van der Waals surface area contributed by atoms with Gasteiger partial charge in [-0.2, -0.15) is 0 Å². The molecule has 30 heavy (non-hydrogen) atoms. The lowest BCUT2D eigenvalue weighted by molar-refractivity contribution is -0.149. The SMILES string of the molecule is CCOC(=O)C1CCN(C(=NC)NCC2CCCCN2C(=O)OC(C)(C)C)CC1.I. The van der Waals surface area contributed by atoms with Crippen molar-refractivity contribution in [3.05, 3.63) is 0 Å². The smallest absolute Gasteiger partial charge is 0.410 e. The zero-order valence-electron chi connectivity index (χ0n) is 19.1. The van der Waals surface area contributed by atoms with Crippen LogP contribution in [0.5, 0.6) is 0 Å². The topological polar surface area (TPSA) is 83.5 Å². The number of carbonyl (C=O) groups excluding carboxylic acids is 2. The van der Waals surface area contributed by atoms with Crippen LogP contribution in [0.3, 0.4) is 0 Å². The first-order valence-electron chi connectivity index (χ1n) is 10.9. The Labute approximate surface area is 198 Å². The highest BCUT2D eigenvalue weighted by atomic mass is 127. The third-order valence-corrected chi connectivity index (χ3v) is 5.38. The van der Waals surface area contributed by atoms with Gasteiger partial charge in [0.2, 0.25) is 0 Å². The first kappa shape index (κ1) is 26.8. The van der Waals surface area contributed by atoms with E-state index < -0.39 is 5.60 Å². The molecule has 1 unspecified atom stereocenters. The van der Waals surface area contributed by atoms with Crippen molar-refractivity contribution in [2.24, 2.45) is 10.9 Å². The van der Waals surface area contributed by atoms with Gasteiger partial charge in [-0.15, -0.1) is 24.0 Å². The second kappa shape index (κ2) is 12.6. The number of amides is 1. The lowest BCUT2D eigenvalue weighted by Gasteiger charge is -2.38. The lowest BCUT2D eigenvalue weighted by Crippen LogP contribution is -2.53. The zero-order chi connectivity index (χ0) is 21.4. The average molecular weight is 538 g/mol. The van der Waals surface area contributed by atoms with Crippen LogP contribution in [0.4, 0.5) is 4.79 Å². The Morgan fingerprint density at radius 3 is 2.33 bits per heavy atom. The zero-order valence-corrected chi connectivity index (χ0v) is 21.4. The summed E-state index contributed by atoms with van der Waals surface area (Å²) < 4.78 is 10.7. The largest absolute Gasteiger partial charge is 0.466 e. The van der Waals surface area contributed by atoms with E-state index in [0.717, 1.165) is 57.7 Å². The molecular weight excluding hydrogens is 499 g/mol. The van der Waals surface area contributed by atoms with E-state index in [9.17, 15) is 9.59 Å². The monoisotopic (exact) mass is 538 g/mol. The van der Waals surface area contributed by atoms with Crippen LogP contribution < -0.4 is 5.32 Å². The summed E-state index contributed by atoms with van der Waals surface area (Å²) in [5.41, 5.74) is -0.494. The minimum absolute atomic E-state index is 0. The van der Waals surface area contributed by atoms with Gasteiger partial charge in [0, 0.05) is 33.2 Å². The first-order chi connectivity index (χ1) is 13.7. The van der Waals surface area contributed by atoms with Crippen molar-refractivity contribution in [1.29, 1.82) is 0 Å². The van der Waals surface area contributed by atoms with Gasteiger partial charge in [-0.25, -0.2) is 4.79 Å². The summed E-state index contributed by atoms with van der Waals surface area (Å²) in [4.78, 5) is 33.0. The fraction of sp³-hybridized carbons (Fsp3) is 0.857. The number of guanidine groups is 1. The summed E-state index contributed by atoms with van der Waals surface area (Å²) in [6.07, 6.45) is 4.36. The molecule has 0 aromatic rings. The van der Waals surface area contributed by atoms with E-state index in [4.69, 9.17) is 9.47 Å². The maximum Gasteiger partial charge on any atom is 0.410 e. The van der Waals surface area contributed by atoms with Crippen molar-refractivity contribution in [2.45, 2.75) is 71.4 Å². The van der Waals surface area contributed by atoms with E-state index >= 15 is 0 Å². The molecular formula is C21H39IN4O4. The van der Waals surface area contributed by atoms with Crippen molar-refractivity contribution >= 4 is 42.0 Å². The molecule has 1 amide bonds. The summed E-state index contributed by atoms with van der Waals surface area (Å²) >= 11 is 0. The number of halogens is 1. The van der Waals surface area contributed by atoms with E-state index in [0.29, 0.717) is 13.2 Å². The molecule has 0 aliphatic carbocycles. The van der Waals surface area contributed by atoms with Crippen LogP contribution in [-0.2, 0) is 14.3 Å². The standard InChI is InChI=1S/C21H38N4O4.HI/c1-6-28-18(26)16-10-13-24(14-11-16)19(22-5)23-15-17-9-7-8-12-25(17)20(27)29-21(2,3)4;/h16-17H,6-15H2,1-5H3,(H,22,23);1H. The van der Waals surface area contributed by atoms with Crippen LogP contribution in [0.2, 0.25) is 0 Å². The van der Waals surface area contributed by atoms with Crippen molar-refractivity contribution in [3.8, 4) is 0 Å². The Morgan fingerprint density at radius 2 is 1.77 bits per heavy atom. The van der Waals surface area contributed by atoms with Crippen LogP contribution in [-0.4, -0.2) is 79.3 Å². The number of likely N-dealkylation sites (tertiary alicyclic amines) is 2. The predicted molar refractivity (Wildman–Crippen MR) is 128 cm³/mol. The summed E-state index contributed by atoms with van der Waals surface area (Å²) in [6, 6.07) is 0.0902. The Morgan fingerprint density at radius 1 is 1.10 bits per heavy atom. The molecule has 174 valence electrons. The molecule has 2 aliphatic rings. The number of hydrogen-bond donors (Lipinski definition) is 1. The molecule has 2 saturated heterocycles. The Hall–Kier alpha value is -1.26. The van der Waals surface area contributed by atoms with Gasteiger partial charge in [-0.3, -0.25) is 9.79 Å². The van der Waals surface area contributed by atoms with Gasteiger partial charge in [-0.05, 0) is 59.8 Å². The number of nitrogens with one attached hydrogen (secondary N) is 1. The number of aliphatic imine (C=N–C) groups is 1. The summed E-state index contributed by atoms with van der Waals surface area (Å²) in [5.74, 6) is 0.706. The van der Waals surface area contributed by atoms with Gasteiger partial charge in [0.05, 0.1) is 18.6 Å². The highest BCUT2D eigenvalue weighted by Crippen LogP contribution is 2.21. The van der Waals surface area contributed by atoms with Crippen molar-refractivity contribution in [1.82, 2.24) is 15.1 Å². The van der Waals surface area contributed by atoms with Gasteiger partial charge in [0.25, 0.3) is 0 Å². The molecule has 1 atom stereocenters. The number of ether oxygens (including phenoxy) is 2. The molecule has 0 radical (unpaired) electrons. The minimum Gasteiger partial charge on any atom is -0.466 e. The quantitative estimate of drug-likeness (QED) is 0.256. The van der Waals surface area contributed by atoms with E-state index in [-0.39, 0.29) is 48.0 Å². The minimum atomic E-state index is -0.494. The fourth-order valence-electron chi connectivity index (χ4n) is 3.90. The molecule has 2 fully saturated rings. The second-order valence-electron chi connectivity index (χ2n) is 8.76. The van der Waals surface area contributed by atoms with Crippen molar-refractivity contribution < 1.29 is 19.1 Å². The summed E-state index contributed by atoms with van der Waals surface area (Å²) in [6.45, 7) is 10.8. The van der Waals surface area contributed by atoms with Gasteiger partial charge in [-0.1, -0.05) is 0 Å². The highest BCUT2D eigenvalue weighted by molar-refractivity contribution is 14.0. The first-order valence-corrected chi connectivity index (χ1v) is 10.9. The molecule has 2 aliphatic heterocycles. The molecule has 0 aromatic carbocycles. The molecule has 0 saturated carbocycles. The maximum absolute atomic E-state index is 12.6. The van der Waals surface area contributed by atoms with Gasteiger partial charge in [0.15, 0.2) is 5.96 Å². The number of hydrogen-bond acceptors (Lipinski definition) is 5. The Balaban J connectivity index is 0.00000450. The third-order valence-electron chi connectivity index (χ3n) is 5.38. The summed E-state index contributed by atoms with van der Waals surface area (Å²) in [5, 5.41) is 3.44. The molecule has 0 aromatic heterocycles. The van der Waals surface area contributed by atoms with E-state index in [1.165, 1.54) is 0 Å². The number of nitrogens with zero attached hydrogens (tertiary/aromatic N) is 3. The Bertz CT molecular complexity index is 586. The molecule has 9 heteroatoms. The number of carbonyl (C=O) groups is 2. The molecule has 2 rings (SSSR count). The van der Waals surface area contributed by atoms with Crippen LogP contribution in [0.1, 0.15) is 59.8 Å². The molecule has 2 heterocycles. The highest BCUT2D eigenvalue weighted by Gasteiger charge is 2.31. The lowest BCUT2D eigenvalue weighted by atomic mass is 9.97. The molecule has 0 spiro atoms. The van der Waals surface area contributed by atoms with Gasteiger partial charge in [0.1, 0.15) is 5.60 Å². The molecule has 0 bridgehead atoms.